The standard InChI is InChI=1S/C15H19BrClN5/c1-9-7-11(17)10(16)8-12(9)22-14(19)20-13(18)21-15(22)5-3-2-4-6-15/h7-8H,2-6H2,1H3,(H4,18,19,20,21). The van der Waals surface area contributed by atoms with Gasteiger partial charge in [0.2, 0.25) is 11.9 Å². The van der Waals surface area contributed by atoms with Gasteiger partial charge in [0.05, 0.1) is 10.7 Å². The van der Waals surface area contributed by atoms with E-state index in [1.165, 1.54) is 6.42 Å². The van der Waals surface area contributed by atoms with E-state index in [2.05, 4.69) is 25.9 Å². The Balaban J connectivity index is 2.14. The third-order valence-corrected chi connectivity index (χ3v) is 5.53. The fraction of sp³-hybridized carbons (Fsp3) is 0.467. The van der Waals surface area contributed by atoms with Gasteiger partial charge in [0.1, 0.15) is 5.66 Å². The number of halogens is 2. The largest absolute Gasteiger partial charge is 0.369 e. The Kier molecular flexibility index (Phi) is 4.07. The molecule has 7 heteroatoms. The third kappa shape index (κ3) is 2.58. The lowest BCUT2D eigenvalue weighted by molar-refractivity contribution is 0.305. The van der Waals surface area contributed by atoms with Crippen molar-refractivity contribution < 1.29 is 0 Å². The van der Waals surface area contributed by atoms with Gasteiger partial charge in [-0.3, -0.25) is 4.90 Å². The minimum Gasteiger partial charge on any atom is -0.369 e. The average molecular weight is 385 g/mol. The lowest BCUT2D eigenvalue weighted by Gasteiger charge is -2.46. The Labute approximate surface area is 143 Å². The van der Waals surface area contributed by atoms with Gasteiger partial charge in [-0.2, -0.15) is 4.99 Å². The lowest BCUT2D eigenvalue weighted by Crippen LogP contribution is -2.58. The first kappa shape index (κ1) is 15.6. The first-order valence-corrected chi connectivity index (χ1v) is 8.55. The van der Waals surface area contributed by atoms with Crippen molar-refractivity contribution in [1.82, 2.24) is 0 Å². The second kappa shape index (κ2) is 5.74. The molecule has 1 fully saturated rings. The molecule has 118 valence electrons. The van der Waals surface area contributed by atoms with Crippen LogP contribution in [0.15, 0.2) is 26.6 Å². The number of guanidine groups is 2. The molecule has 1 aliphatic heterocycles. The Hall–Kier alpha value is -1.27. The van der Waals surface area contributed by atoms with Crippen molar-refractivity contribution in [2.75, 3.05) is 4.90 Å². The smallest absolute Gasteiger partial charge is 0.220 e. The summed E-state index contributed by atoms with van der Waals surface area (Å²) in [6.45, 7) is 2.01. The number of anilines is 1. The van der Waals surface area contributed by atoms with Crippen molar-refractivity contribution in [2.24, 2.45) is 21.5 Å². The Morgan fingerprint density at radius 2 is 1.91 bits per heavy atom. The molecule has 0 aromatic heterocycles. The molecule has 1 aromatic carbocycles. The molecule has 5 nitrogen and oxygen atoms in total. The first-order chi connectivity index (χ1) is 10.4. The lowest BCUT2D eigenvalue weighted by atomic mass is 9.87. The van der Waals surface area contributed by atoms with Gasteiger partial charge in [-0.15, -0.1) is 0 Å². The summed E-state index contributed by atoms with van der Waals surface area (Å²) in [5.74, 6) is 0.660. The molecule has 0 saturated heterocycles. The van der Waals surface area contributed by atoms with Crippen molar-refractivity contribution in [3.8, 4) is 0 Å². The number of nitrogens with two attached hydrogens (primary N) is 2. The molecule has 1 spiro atoms. The summed E-state index contributed by atoms with van der Waals surface area (Å²) >= 11 is 9.68. The summed E-state index contributed by atoms with van der Waals surface area (Å²) in [5, 5.41) is 0.675. The summed E-state index contributed by atoms with van der Waals surface area (Å²) in [6.07, 6.45) is 5.27. The predicted octanol–water partition coefficient (Wildman–Crippen LogP) is 3.52. The highest BCUT2D eigenvalue weighted by atomic mass is 79.9. The number of hydrogen-bond donors (Lipinski definition) is 2. The zero-order valence-electron chi connectivity index (χ0n) is 12.4. The molecule has 0 bridgehead atoms. The van der Waals surface area contributed by atoms with Gasteiger partial charge in [0.15, 0.2) is 0 Å². The molecule has 0 radical (unpaired) electrons. The fourth-order valence-corrected chi connectivity index (χ4v) is 3.90. The minimum atomic E-state index is -0.424. The molecule has 1 aromatic rings. The zero-order valence-corrected chi connectivity index (χ0v) is 14.8. The van der Waals surface area contributed by atoms with Gasteiger partial charge in [-0.05, 0) is 66.2 Å². The van der Waals surface area contributed by atoms with Crippen molar-refractivity contribution in [2.45, 2.75) is 44.7 Å². The monoisotopic (exact) mass is 383 g/mol. The van der Waals surface area contributed by atoms with Crippen molar-refractivity contribution in [1.29, 1.82) is 0 Å². The predicted molar refractivity (Wildman–Crippen MR) is 95.4 cm³/mol. The van der Waals surface area contributed by atoms with Gasteiger partial charge in [0.25, 0.3) is 0 Å². The summed E-state index contributed by atoms with van der Waals surface area (Å²) in [5.41, 5.74) is 13.7. The maximum absolute atomic E-state index is 6.23. The van der Waals surface area contributed by atoms with Crippen LogP contribution in [-0.4, -0.2) is 17.6 Å². The van der Waals surface area contributed by atoms with Gasteiger partial charge in [-0.25, -0.2) is 4.99 Å². The van der Waals surface area contributed by atoms with E-state index < -0.39 is 5.66 Å². The molecule has 1 aliphatic carbocycles. The number of nitrogens with zero attached hydrogens (tertiary/aromatic N) is 3. The molecule has 0 atom stereocenters. The molecule has 1 heterocycles. The van der Waals surface area contributed by atoms with Crippen LogP contribution in [0.4, 0.5) is 5.69 Å². The molecular formula is C15H19BrClN5. The summed E-state index contributed by atoms with van der Waals surface area (Å²) in [4.78, 5) is 10.9. The van der Waals surface area contributed by atoms with Crippen LogP contribution in [0.1, 0.15) is 37.7 Å². The number of aryl methyl sites for hydroxylation is 1. The normalized spacial score (nSPS) is 20.8. The molecule has 2 aliphatic rings. The maximum atomic E-state index is 6.23. The van der Waals surface area contributed by atoms with Crippen LogP contribution < -0.4 is 16.4 Å². The van der Waals surface area contributed by atoms with E-state index >= 15 is 0 Å². The van der Waals surface area contributed by atoms with Crippen LogP contribution in [0.5, 0.6) is 0 Å². The molecule has 1 saturated carbocycles. The summed E-state index contributed by atoms with van der Waals surface area (Å²) in [6, 6.07) is 3.90. The van der Waals surface area contributed by atoms with Crippen LogP contribution in [0.25, 0.3) is 0 Å². The average Bonchev–Trinajstić information content (AvgIpc) is 2.44. The van der Waals surface area contributed by atoms with E-state index in [4.69, 9.17) is 23.1 Å². The van der Waals surface area contributed by atoms with Gasteiger partial charge >= 0.3 is 0 Å². The van der Waals surface area contributed by atoms with Crippen LogP contribution in [0, 0.1) is 6.92 Å². The second-order valence-corrected chi connectivity index (χ2v) is 7.13. The van der Waals surface area contributed by atoms with Gasteiger partial charge < -0.3 is 11.5 Å². The minimum absolute atomic E-state index is 0.265. The first-order valence-electron chi connectivity index (χ1n) is 7.38. The topological polar surface area (TPSA) is 80.0 Å². The highest BCUT2D eigenvalue weighted by molar-refractivity contribution is 9.10. The van der Waals surface area contributed by atoms with E-state index in [9.17, 15) is 0 Å². The molecule has 0 amide bonds. The third-order valence-electron chi connectivity index (χ3n) is 4.33. The maximum Gasteiger partial charge on any atom is 0.220 e. The number of benzene rings is 1. The fourth-order valence-electron chi connectivity index (χ4n) is 3.35. The van der Waals surface area contributed by atoms with E-state index in [0.29, 0.717) is 11.0 Å². The van der Waals surface area contributed by atoms with Crippen molar-refractivity contribution >= 4 is 45.1 Å². The molecule has 3 rings (SSSR count). The number of rotatable bonds is 1. The van der Waals surface area contributed by atoms with Crippen LogP contribution >= 0.6 is 27.5 Å². The molecule has 22 heavy (non-hydrogen) atoms. The van der Waals surface area contributed by atoms with Crippen molar-refractivity contribution in [3.63, 3.8) is 0 Å². The number of aliphatic imine (C=N–C) groups is 2. The van der Waals surface area contributed by atoms with E-state index in [1.54, 1.807) is 0 Å². The molecule has 0 unspecified atom stereocenters. The Morgan fingerprint density at radius 1 is 1.23 bits per heavy atom. The zero-order chi connectivity index (χ0) is 15.9. The second-order valence-electron chi connectivity index (χ2n) is 5.87. The quantitative estimate of drug-likeness (QED) is 0.777. The molecule has 4 N–H and O–H groups in total. The van der Waals surface area contributed by atoms with E-state index in [0.717, 1.165) is 41.4 Å². The van der Waals surface area contributed by atoms with E-state index in [1.807, 2.05) is 24.0 Å². The Bertz CT molecular complexity index is 664. The molecular weight excluding hydrogens is 366 g/mol. The highest BCUT2D eigenvalue weighted by Crippen LogP contribution is 2.42. The van der Waals surface area contributed by atoms with Crippen molar-refractivity contribution in [3.05, 3.63) is 27.2 Å². The van der Waals surface area contributed by atoms with E-state index in [-0.39, 0.29) is 5.96 Å². The van der Waals surface area contributed by atoms with Crippen LogP contribution in [0.3, 0.4) is 0 Å². The van der Waals surface area contributed by atoms with Gasteiger partial charge in [-0.1, -0.05) is 18.0 Å². The van der Waals surface area contributed by atoms with Crippen LogP contribution in [-0.2, 0) is 0 Å². The van der Waals surface area contributed by atoms with Crippen LogP contribution in [0.2, 0.25) is 5.02 Å². The summed E-state index contributed by atoms with van der Waals surface area (Å²) in [7, 11) is 0. The number of hydrogen-bond acceptors (Lipinski definition) is 5. The highest BCUT2D eigenvalue weighted by Gasteiger charge is 2.43. The Morgan fingerprint density at radius 3 is 2.59 bits per heavy atom. The SMILES string of the molecule is Cc1cc(Cl)c(Br)cc1N1C(N)=NC(N)=NC12CCCCC2. The summed E-state index contributed by atoms with van der Waals surface area (Å²) < 4.78 is 0.830. The van der Waals surface area contributed by atoms with Gasteiger partial charge in [0, 0.05) is 4.47 Å².